The van der Waals surface area contributed by atoms with Crippen molar-refractivity contribution >= 4 is 71.6 Å². The van der Waals surface area contributed by atoms with Crippen molar-refractivity contribution < 1.29 is 19.4 Å². The lowest BCUT2D eigenvalue weighted by molar-refractivity contribution is -0.118. The zero-order chi connectivity index (χ0) is 24.4. The normalized spacial score (nSPS) is 18.7. The van der Waals surface area contributed by atoms with Gasteiger partial charge in [0.05, 0.1) is 35.0 Å². The van der Waals surface area contributed by atoms with Gasteiger partial charge in [0.2, 0.25) is 5.88 Å². The van der Waals surface area contributed by atoms with E-state index in [1.54, 1.807) is 25.4 Å². The maximum atomic E-state index is 11.5. The summed E-state index contributed by atoms with van der Waals surface area (Å²) < 4.78 is 10.6. The lowest BCUT2D eigenvalue weighted by Crippen LogP contribution is -2.52. The Morgan fingerprint density at radius 2 is 2.05 bits per heavy atom. The van der Waals surface area contributed by atoms with E-state index in [4.69, 9.17) is 21.1 Å². The molecule has 0 aliphatic carbocycles. The van der Waals surface area contributed by atoms with Crippen LogP contribution in [0, 0.1) is 0 Å². The summed E-state index contributed by atoms with van der Waals surface area (Å²) in [7, 11) is 1.58. The largest absolute Gasteiger partial charge is 0.481 e. The van der Waals surface area contributed by atoms with Crippen LogP contribution < -0.4 is 20.1 Å². The fraction of sp³-hybridized carbons (Fsp3) is 0.417. The zero-order valence-corrected chi connectivity index (χ0v) is 23.8. The summed E-state index contributed by atoms with van der Waals surface area (Å²) in [4.78, 5) is 27.1. The number of ether oxygens (including phenoxy) is 2. The molecule has 2 aliphatic heterocycles. The summed E-state index contributed by atoms with van der Waals surface area (Å²) >= 11 is 6.46. The van der Waals surface area contributed by atoms with Crippen molar-refractivity contribution in [1.82, 2.24) is 25.2 Å². The molecular weight excluding hydrogens is 578 g/mol. The molecule has 2 atom stereocenters. The Labute approximate surface area is 244 Å². The van der Waals surface area contributed by atoms with Gasteiger partial charge in [0.15, 0.2) is 18.2 Å². The van der Waals surface area contributed by atoms with Crippen molar-refractivity contribution in [3.05, 3.63) is 46.7 Å². The number of aliphatic hydroxyl groups excluding tert-OH is 1. The van der Waals surface area contributed by atoms with E-state index in [9.17, 15) is 9.90 Å². The quantitative estimate of drug-likeness (QED) is 0.372. The van der Waals surface area contributed by atoms with E-state index in [1.807, 2.05) is 12.1 Å². The lowest BCUT2D eigenvalue weighted by Gasteiger charge is -2.36. The number of halogens is 4. The summed E-state index contributed by atoms with van der Waals surface area (Å²) in [6.45, 7) is 2.63. The minimum absolute atomic E-state index is 0. The molecule has 0 bridgehead atoms. The molecule has 0 saturated carbocycles. The van der Waals surface area contributed by atoms with Crippen LogP contribution in [-0.2, 0) is 17.8 Å². The third-order valence-electron chi connectivity index (χ3n) is 6.37. The molecule has 5 heterocycles. The number of carbonyl (C=O) groups is 1. The summed E-state index contributed by atoms with van der Waals surface area (Å²) in [6.07, 6.45) is 2.62. The molecule has 208 valence electrons. The molecule has 2 aliphatic rings. The van der Waals surface area contributed by atoms with Crippen LogP contribution >= 0.6 is 48.8 Å². The minimum Gasteiger partial charge on any atom is -0.481 e. The first-order valence-electron chi connectivity index (χ1n) is 11.5. The van der Waals surface area contributed by atoms with Crippen LogP contribution in [0.25, 0.3) is 11.0 Å². The molecule has 10 nitrogen and oxygen atoms in total. The van der Waals surface area contributed by atoms with E-state index >= 15 is 0 Å². The zero-order valence-electron chi connectivity index (χ0n) is 20.6. The first kappa shape index (κ1) is 32.0. The van der Waals surface area contributed by atoms with Crippen LogP contribution in [0.3, 0.4) is 0 Å². The third kappa shape index (κ3) is 7.26. The number of piperidine rings is 1. The highest BCUT2D eigenvalue weighted by molar-refractivity contribution is 6.32. The monoisotopic (exact) mass is 606 g/mol. The minimum atomic E-state index is -0.521. The van der Waals surface area contributed by atoms with E-state index in [0.29, 0.717) is 42.0 Å². The molecule has 0 aromatic carbocycles. The van der Waals surface area contributed by atoms with Crippen molar-refractivity contribution in [1.29, 1.82) is 0 Å². The Kier molecular flexibility index (Phi) is 12.0. The van der Waals surface area contributed by atoms with Gasteiger partial charge in [0, 0.05) is 43.5 Å². The predicted molar refractivity (Wildman–Crippen MR) is 153 cm³/mol. The SMILES string of the molecule is COc1ccc2ncc(Cl)c(CCN3CC[C@H](NCc4ccc5c(n4)NC(=O)CO5)[C@@H](O)C3)c2n1.Cl.Cl.Cl. The highest BCUT2D eigenvalue weighted by Gasteiger charge is 2.28. The molecule has 1 fully saturated rings. The van der Waals surface area contributed by atoms with Gasteiger partial charge in [-0.25, -0.2) is 9.97 Å². The fourth-order valence-electron chi connectivity index (χ4n) is 4.48. The number of nitrogens with one attached hydrogen (secondary N) is 2. The molecule has 0 unspecified atom stereocenters. The second-order valence-corrected chi connectivity index (χ2v) is 9.09. The summed E-state index contributed by atoms with van der Waals surface area (Å²) in [5.74, 6) is 1.31. The van der Waals surface area contributed by atoms with Gasteiger partial charge in [-0.1, -0.05) is 11.6 Å². The van der Waals surface area contributed by atoms with Crippen molar-refractivity contribution in [2.75, 3.05) is 38.7 Å². The number of hydrogen-bond acceptors (Lipinski definition) is 9. The number of fused-ring (bicyclic) bond motifs is 2. The number of pyridine rings is 3. The van der Waals surface area contributed by atoms with Gasteiger partial charge in [-0.3, -0.25) is 9.78 Å². The topological polar surface area (TPSA) is 122 Å². The maximum Gasteiger partial charge on any atom is 0.263 e. The van der Waals surface area contributed by atoms with Crippen LogP contribution in [0.4, 0.5) is 5.82 Å². The molecule has 3 aromatic heterocycles. The average molecular weight is 608 g/mol. The Morgan fingerprint density at radius 1 is 1.24 bits per heavy atom. The fourth-order valence-corrected chi connectivity index (χ4v) is 4.71. The van der Waals surface area contributed by atoms with Gasteiger partial charge in [0.25, 0.3) is 5.91 Å². The van der Waals surface area contributed by atoms with Gasteiger partial charge >= 0.3 is 0 Å². The summed E-state index contributed by atoms with van der Waals surface area (Å²) in [5.41, 5.74) is 3.22. The number of likely N-dealkylation sites (tertiary alicyclic amines) is 1. The van der Waals surface area contributed by atoms with Crippen molar-refractivity contribution in [2.24, 2.45) is 0 Å². The Morgan fingerprint density at radius 3 is 2.82 bits per heavy atom. The Hall–Kier alpha value is -2.18. The molecule has 14 heteroatoms. The van der Waals surface area contributed by atoms with Crippen LogP contribution in [0.1, 0.15) is 17.7 Å². The van der Waals surface area contributed by atoms with E-state index < -0.39 is 6.10 Å². The van der Waals surface area contributed by atoms with Crippen LogP contribution in [0.2, 0.25) is 5.02 Å². The van der Waals surface area contributed by atoms with Gasteiger partial charge in [-0.15, -0.1) is 37.2 Å². The number of methoxy groups -OCH3 is 1. The number of nitrogens with zero attached hydrogens (tertiary/aromatic N) is 4. The Balaban J connectivity index is 0.00000169. The summed E-state index contributed by atoms with van der Waals surface area (Å²) in [5, 5.41) is 17.5. The van der Waals surface area contributed by atoms with Crippen molar-refractivity contribution in [2.45, 2.75) is 31.5 Å². The van der Waals surface area contributed by atoms with Crippen molar-refractivity contribution in [3.8, 4) is 11.6 Å². The van der Waals surface area contributed by atoms with Gasteiger partial charge in [0.1, 0.15) is 0 Å². The standard InChI is InChI=1S/C24H27ClN6O4.3ClH/c1-34-22-5-3-18-23(30-22)15(16(25)11-27-18)6-8-31-9-7-17(19(32)12-31)26-10-14-2-4-20-24(28-14)29-21(33)13-35-20;;;/h2-5,11,17,19,26,32H,6-10,12-13H2,1H3,(H,28,29,33);3*1H/t17-,19-;;;/m0.../s1. The highest BCUT2D eigenvalue weighted by atomic mass is 35.5. The molecule has 1 amide bonds. The third-order valence-corrected chi connectivity index (χ3v) is 6.70. The van der Waals surface area contributed by atoms with E-state index in [2.05, 4.69) is 30.5 Å². The van der Waals surface area contributed by atoms with Gasteiger partial charge < -0.3 is 30.1 Å². The molecule has 0 spiro atoms. The molecular formula is C24H30Cl4N6O4. The molecule has 5 rings (SSSR count). The number of rotatable bonds is 7. The number of hydrogen-bond donors (Lipinski definition) is 3. The molecule has 1 saturated heterocycles. The molecule has 38 heavy (non-hydrogen) atoms. The predicted octanol–water partition coefficient (Wildman–Crippen LogP) is 3.05. The highest BCUT2D eigenvalue weighted by Crippen LogP contribution is 2.27. The smallest absolute Gasteiger partial charge is 0.263 e. The number of aliphatic hydroxyl groups is 1. The average Bonchev–Trinajstić information content (AvgIpc) is 2.87. The maximum absolute atomic E-state index is 11.5. The van der Waals surface area contributed by atoms with Crippen molar-refractivity contribution in [3.63, 3.8) is 0 Å². The molecule has 3 aromatic rings. The van der Waals surface area contributed by atoms with Gasteiger partial charge in [-0.05, 0) is 37.6 Å². The lowest BCUT2D eigenvalue weighted by atomic mass is 10.0. The summed E-state index contributed by atoms with van der Waals surface area (Å²) in [6, 6.07) is 7.27. The number of aromatic nitrogens is 3. The van der Waals surface area contributed by atoms with Crippen LogP contribution in [0.5, 0.6) is 11.6 Å². The van der Waals surface area contributed by atoms with Gasteiger partial charge in [-0.2, -0.15) is 0 Å². The van der Waals surface area contributed by atoms with E-state index in [1.165, 1.54) is 0 Å². The molecule has 3 N–H and O–H groups in total. The van der Waals surface area contributed by atoms with Crippen LogP contribution in [-0.4, -0.2) is 76.4 Å². The second kappa shape index (κ2) is 14.3. The van der Waals surface area contributed by atoms with Crippen LogP contribution in [0.15, 0.2) is 30.5 Å². The van der Waals surface area contributed by atoms with E-state index in [-0.39, 0.29) is 55.8 Å². The Bertz CT molecular complexity index is 1250. The first-order chi connectivity index (χ1) is 17.0. The number of amides is 1. The molecule has 0 radical (unpaired) electrons. The number of anilines is 1. The number of carbonyl (C=O) groups excluding carboxylic acids is 1. The second-order valence-electron chi connectivity index (χ2n) is 8.69. The first-order valence-corrected chi connectivity index (χ1v) is 11.9. The van der Waals surface area contributed by atoms with E-state index in [0.717, 1.165) is 41.8 Å². The number of β-amino-alcohol motifs (C(OH)–C–C–N with tert-alkyl or cyclic N) is 1.